The summed E-state index contributed by atoms with van der Waals surface area (Å²) in [5, 5.41) is 0. The molecule has 0 spiro atoms. The maximum Gasteiger partial charge on any atom is 0.119 e. The van der Waals surface area contributed by atoms with Gasteiger partial charge in [0.05, 0.1) is 13.2 Å². The topological polar surface area (TPSA) is 18.5 Å². The summed E-state index contributed by atoms with van der Waals surface area (Å²) >= 11 is 8.31. The van der Waals surface area contributed by atoms with Crippen LogP contribution in [0.5, 0.6) is 11.5 Å². The highest BCUT2D eigenvalue weighted by Crippen LogP contribution is 2.33. The Labute approximate surface area is 150 Å². The first-order valence-corrected chi connectivity index (χ1v) is 9.03. The number of ether oxygens (including phenoxy) is 2. The lowest BCUT2D eigenvalue weighted by Crippen LogP contribution is -2.18. The molecule has 0 saturated heterocycles. The predicted octanol–water partition coefficient (Wildman–Crippen LogP) is 4.63. The van der Waals surface area contributed by atoms with Gasteiger partial charge in [-0.25, -0.2) is 0 Å². The van der Waals surface area contributed by atoms with Crippen molar-refractivity contribution in [3.63, 3.8) is 0 Å². The molecule has 2 nitrogen and oxygen atoms in total. The van der Waals surface area contributed by atoms with Crippen molar-refractivity contribution < 1.29 is 9.47 Å². The summed E-state index contributed by atoms with van der Waals surface area (Å²) in [6.45, 7) is 5.69. The fourth-order valence-electron chi connectivity index (χ4n) is 2.43. The summed E-state index contributed by atoms with van der Waals surface area (Å²) in [7, 11) is 0. The second kappa shape index (κ2) is 8.55. The predicted molar refractivity (Wildman–Crippen MR) is 104 cm³/mol. The molecule has 0 fully saturated rings. The van der Waals surface area contributed by atoms with E-state index in [0.717, 1.165) is 23.0 Å². The third-order valence-corrected chi connectivity index (χ3v) is 4.24. The Morgan fingerprint density at radius 1 is 0.696 bits per heavy atom. The molecule has 0 atom stereocenters. The van der Waals surface area contributed by atoms with Gasteiger partial charge in [0.15, 0.2) is 0 Å². The van der Waals surface area contributed by atoms with E-state index in [2.05, 4.69) is 63.4 Å². The van der Waals surface area contributed by atoms with E-state index in [4.69, 9.17) is 9.47 Å². The molecule has 0 unspecified atom stereocenters. The molecule has 0 saturated carbocycles. The first kappa shape index (κ1) is 18.1. The van der Waals surface area contributed by atoms with Gasteiger partial charge >= 0.3 is 0 Å². The van der Waals surface area contributed by atoms with Gasteiger partial charge in [-0.2, -0.15) is 25.3 Å². The Morgan fingerprint density at radius 2 is 1.04 bits per heavy atom. The van der Waals surface area contributed by atoms with Crippen molar-refractivity contribution in [3.8, 4) is 11.5 Å². The van der Waals surface area contributed by atoms with Gasteiger partial charge in [-0.15, -0.1) is 0 Å². The van der Waals surface area contributed by atoms with Crippen LogP contribution in [-0.4, -0.2) is 24.7 Å². The zero-order chi connectivity index (χ0) is 16.7. The minimum absolute atomic E-state index is 0.0792. The largest absolute Gasteiger partial charge is 0.493 e. The molecule has 124 valence electrons. The highest BCUT2D eigenvalue weighted by Gasteiger charge is 2.23. The van der Waals surface area contributed by atoms with Crippen LogP contribution in [0, 0.1) is 0 Å². The van der Waals surface area contributed by atoms with Gasteiger partial charge in [0.1, 0.15) is 11.5 Å². The highest BCUT2D eigenvalue weighted by atomic mass is 32.1. The lowest BCUT2D eigenvalue weighted by molar-refractivity contribution is 0.344. The molecule has 2 aromatic carbocycles. The molecule has 0 amide bonds. The van der Waals surface area contributed by atoms with E-state index in [-0.39, 0.29) is 5.41 Å². The van der Waals surface area contributed by atoms with Gasteiger partial charge in [0.25, 0.3) is 0 Å². The summed E-state index contributed by atoms with van der Waals surface area (Å²) in [6, 6.07) is 16.6. The number of hydrogen-bond donors (Lipinski definition) is 2. The average Bonchev–Trinajstić information content (AvgIpc) is 2.59. The SMILES string of the molecule is CC(C)(c1ccc(OCCS)cc1)c1ccc(OCCS)cc1. The Bertz CT molecular complexity index is 538. The second-order valence-electron chi connectivity index (χ2n) is 5.82. The van der Waals surface area contributed by atoms with Crippen LogP contribution in [0.3, 0.4) is 0 Å². The molecule has 4 heteroatoms. The Balaban J connectivity index is 2.13. The minimum Gasteiger partial charge on any atom is -0.493 e. The van der Waals surface area contributed by atoms with Gasteiger partial charge < -0.3 is 9.47 Å². The zero-order valence-corrected chi connectivity index (χ0v) is 15.4. The van der Waals surface area contributed by atoms with Crippen molar-refractivity contribution in [1.29, 1.82) is 0 Å². The molecule has 2 rings (SSSR count). The van der Waals surface area contributed by atoms with E-state index in [1.165, 1.54) is 11.1 Å². The summed E-state index contributed by atoms with van der Waals surface area (Å²) in [5.41, 5.74) is 2.42. The van der Waals surface area contributed by atoms with Crippen molar-refractivity contribution in [2.75, 3.05) is 24.7 Å². The van der Waals surface area contributed by atoms with Crippen molar-refractivity contribution in [2.45, 2.75) is 19.3 Å². The normalized spacial score (nSPS) is 11.3. The fourth-order valence-corrected chi connectivity index (χ4v) is 2.61. The van der Waals surface area contributed by atoms with E-state index in [1.807, 2.05) is 24.3 Å². The molecule has 0 aromatic heterocycles. The zero-order valence-electron chi connectivity index (χ0n) is 13.7. The molecule has 0 bridgehead atoms. The fraction of sp³-hybridized carbons (Fsp3) is 0.368. The summed E-state index contributed by atoms with van der Waals surface area (Å²) in [6.07, 6.45) is 0. The maximum atomic E-state index is 5.58. The number of hydrogen-bond acceptors (Lipinski definition) is 4. The first-order valence-electron chi connectivity index (χ1n) is 7.76. The maximum absolute atomic E-state index is 5.58. The van der Waals surface area contributed by atoms with Crippen LogP contribution < -0.4 is 9.47 Å². The Hall–Kier alpha value is -1.26. The van der Waals surface area contributed by atoms with Crippen LogP contribution >= 0.6 is 25.3 Å². The summed E-state index contributed by atoms with van der Waals surface area (Å²) < 4.78 is 11.2. The quantitative estimate of drug-likeness (QED) is 0.678. The monoisotopic (exact) mass is 348 g/mol. The van der Waals surface area contributed by atoms with Gasteiger partial charge in [-0.1, -0.05) is 38.1 Å². The molecule has 0 aliphatic rings. The summed E-state index contributed by atoms with van der Waals surface area (Å²) in [5.74, 6) is 3.20. The van der Waals surface area contributed by atoms with Gasteiger partial charge in [0.2, 0.25) is 0 Å². The van der Waals surface area contributed by atoms with Crippen LogP contribution in [0.15, 0.2) is 48.5 Å². The third kappa shape index (κ3) is 4.85. The standard InChI is InChI=1S/C19H24O2S2/c1-19(2,15-3-7-17(8-4-15)20-11-13-22)16-5-9-18(10-6-16)21-12-14-23/h3-10,22-23H,11-14H2,1-2H3. The number of benzene rings is 2. The van der Waals surface area contributed by atoms with E-state index in [1.54, 1.807) is 0 Å². The molecule has 0 heterocycles. The van der Waals surface area contributed by atoms with Gasteiger partial charge in [-0.3, -0.25) is 0 Å². The smallest absolute Gasteiger partial charge is 0.119 e. The lowest BCUT2D eigenvalue weighted by Gasteiger charge is -2.26. The second-order valence-corrected chi connectivity index (χ2v) is 6.71. The average molecular weight is 349 g/mol. The Morgan fingerprint density at radius 3 is 1.35 bits per heavy atom. The molecule has 0 N–H and O–H groups in total. The number of thiol groups is 2. The molecular formula is C19H24O2S2. The van der Waals surface area contributed by atoms with Crippen LogP contribution in [-0.2, 0) is 5.41 Å². The molecule has 0 aliphatic heterocycles. The van der Waals surface area contributed by atoms with Crippen molar-refractivity contribution in [1.82, 2.24) is 0 Å². The van der Waals surface area contributed by atoms with Crippen LogP contribution in [0.25, 0.3) is 0 Å². The van der Waals surface area contributed by atoms with Gasteiger partial charge in [0, 0.05) is 16.9 Å². The van der Waals surface area contributed by atoms with E-state index in [9.17, 15) is 0 Å². The lowest BCUT2D eigenvalue weighted by atomic mass is 9.78. The molecular weight excluding hydrogens is 324 g/mol. The van der Waals surface area contributed by atoms with Crippen molar-refractivity contribution in [3.05, 3.63) is 59.7 Å². The number of rotatable bonds is 8. The molecule has 0 radical (unpaired) electrons. The minimum atomic E-state index is -0.0792. The molecule has 0 aliphatic carbocycles. The van der Waals surface area contributed by atoms with Crippen molar-refractivity contribution in [2.24, 2.45) is 0 Å². The van der Waals surface area contributed by atoms with Crippen LogP contribution in [0.1, 0.15) is 25.0 Å². The first-order chi connectivity index (χ1) is 11.1. The van der Waals surface area contributed by atoms with Gasteiger partial charge in [-0.05, 0) is 35.4 Å². The third-order valence-electron chi connectivity index (χ3n) is 3.87. The van der Waals surface area contributed by atoms with E-state index < -0.39 is 0 Å². The summed E-state index contributed by atoms with van der Waals surface area (Å²) in [4.78, 5) is 0. The van der Waals surface area contributed by atoms with Crippen LogP contribution in [0.2, 0.25) is 0 Å². The highest BCUT2D eigenvalue weighted by molar-refractivity contribution is 7.80. The van der Waals surface area contributed by atoms with Crippen molar-refractivity contribution >= 4 is 25.3 Å². The molecule has 2 aromatic rings. The van der Waals surface area contributed by atoms with Crippen LogP contribution in [0.4, 0.5) is 0 Å². The Kier molecular flexibility index (Phi) is 6.72. The van der Waals surface area contributed by atoms with E-state index >= 15 is 0 Å². The van der Waals surface area contributed by atoms with E-state index in [0.29, 0.717) is 13.2 Å². The molecule has 23 heavy (non-hydrogen) atoms.